The summed E-state index contributed by atoms with van der Waals surface area (Å²) in [7, 11) is 0. The third kappa shape index (κ3) is 2.15. The van der Waals surface area contributed by atoms with Crippen LogP contribution in [0.2, 0.25) is 0 Å². The van der Waals surface area contributed by atoms with Gasteiger partial charge in [-0.2, -0.15) is 5.10 Å². The molecule has 1 N–H and O–H groups in total. The number of aromatic amines is 1. The Morgan fingerprint density at radius 1 is 1.73 bits per heavy atom. The first-order valence-electron chi connectivity index (χ1n) is 5.11. The Morgan fingerprint density at radius 3 is 3.13 bits per heavy atom. The van der Waals surface area contributed by atoms with Gasteiger partial charge in [-0.1, -0.05) is 6.92 Å². The smallest absolute Gasteiger partial charge is 0.271 e. The van der Waals surface area contributed by atoms with Crippen LogP contribution < -0.4 is 0 Å². The largest absolute Gasteiger partial charge is 0.337 e. The van der Waals surface area contributed by atoms with Gasteiger partial charge >= 0.3 is 0 Å². The minimum atomic E-state index is 0.0166. The van der Waals surface area contributed by atoms with Gasteiger partial charge in [0.05, 0.1) is 0 Å². The number of nitrogens with one attached hydrogen (secondary N) is 1. The van der Waals surface area contributed by atoms with Crippen molar-refractivity contribution in [3.05, 3.63) is 18.0 Å². The highest BCUT2D eigenvalue weighted by molar-refractivity contribution is 6.20. The number of carbonyl (C=O) groups excluding carboxylic acids is 1. The number of likely N-dealkylation sites (tertiary alicyclic amines) is 1. The summed E-state index contributed by atoms with van der Waals surface area (Å²) in [4.78, 5) is 13.8. The van der Waals surface area contributed by atoms with Crippen molar-refractivity contribution in [2.24, 2.45) is 5.92 Å². The average Bonchev–Trinajstić information content (AvgIpc) is 2.74. The summed E-state index contributed by atoms with van der Waals surface area (Å²) in [5.41, 5.74) is 0.551. The predicted octanol–water partition coefficient (Wildman–Crippen LogP) is 1.50. The number of nitrogens with zero attached hydrogens (tertiary/aromatic N) is 2. The lowest BCUT2D eigenvalue weighted by Crippen LogP contribution is -2.43. The zero-order valence-corrected chi connectivity index (χ0v) is 9.37. The lowest BCUT2D eigenvalue weighted by atomic mass is 9.99. The van der Waals surface area contributed by atoms with Crippen LogP contribution in [-0.4, -0.2) is 39.5 Å². The molecule has 0 aliphatic carbocycles. The van der Waals surface area contributed by atoms with Gasteiger partial charge in [0.25, 0.3) is 5.91 Å². The molecule has 0 spiro atoms. The number of halogens is 1. The fourth-order valence-electron chi connectivity index (χ4n) is 1.85. The number of hydrogen-bond donors (Lipinski definition) is 1. The molecular weight excluding hydrogens is 214 g/mol. The van der Waals surface area contributed by atoms with E-state index in [9.17, 15) is 4.79 Å². The molecule has 0 radical (unpaired) electrons. The van der Waals surface area contributed by atoms with Crippen LogP contribution >= 0.6 is 11.6 Å². The second kappa shape index (κ2) is 4.23. The molecule has 2 heterocycles. The van der Waals surface area contributed by atoms with Crippen LogP contribution in [0, 0.1) is 5.92 Å². The van der Waals surface area contributed by atoms with Crippen molar-refractivity contribution in [1.82, 2.24) is 15.1 Å². The Balaban J connectivity index is 2.03. The standard InChI is InChI=1S/C10H14ClN3O/c1-7-6-14(5-3-8(7)11)10(15)9-2-4-12-13-9/h2,4,7-8H,3,5-6H2,1H3,(H,12,13). The van der Waals surface area contributed by atoms with Gasteiger partial charge in [-0.3, -0.25) is 9.89 Å². The Bertz CT molecular complexity index is 338. The quantitative estimate of drug-likeness (QED) is 0.740. The van der Waals surface area contributed by atoms with Gasteiger partial charge < -0.3 is 4.90 Å². The molecule has 2 rings (SSSR count). The van der Waals surface area contributed by atoms with Crippen LogP contribution in [0.3, 0.4) is 0 Å². The molecule has 4 nitrogen and oxygen atoms in total. The molecule has 0 bridgehead atoms. The van der Waals surface area contributed by atoms with Gasteiger partial charge in [0.15, 0.2) is 0 Å². The molecule has 1 saturated heterocycles. The second-order valence-corrected chi connectivity index (χ2v) is 4.56. The van der Waals surface area contributed by atoms with Crippen molar-refractivity contribution in [1.29, 1.82) is 0 Å². The topological polar surface area (TPSA) is 49.0 Å². The molecule has 1 aliphatic heterocycles. The number of aromatic nitrogens is 2. The molecule has 0 aromatic carbocycles. The van der Waals surface area contributed by atoms with Crippen molar-refractivity contribution >= 4 is 17.5 Å². The SMILES string of the molecule is CC1CN(C(=O)c2ccn[nH]2)CCC1Cl. The van der Waals surface area contributed by atoms with Crippen LogP contribution in [0.4, 0.5) is 0 Å². The van der Waals surface area contributed by atoms with Crippen molar-refractivity contribution in [2.75, 3.05) is 13.1 Å². The number of alkyl halides is 1. The summed E-state index contributed by atoms with van der Waals surface area (Å²) in [6, 6.07) is 1.69. The lowest BCUT2D eigenvalue weighted by Gasteiger charge is -2.33. The van der Waals surface area contributed by atoms with E-state index in [0.717, 1.165) is 19.5 Å². The van der Waals surface area contributed by atoms with Crippen molar-refractivity contribution in [3.8, 4) is 0 Å². The van der Waals surface area contributed by atoms with E-state index in [1.807, 2.05) is 4.90 Å². The first kappa shape index (κ1) is 10.5. The summed E-state index contributed by atoms with van der Waals surface area (Å²) in [5, 5.41) is 6.65. The zero-order chi connectivity index (χ0) is 10.8. The molecule has 1 amide bonds. The fraction of sp³-hybridized carbons (Fsp3) is 0.600. The van der Waals surface area contributed by atoms with Crippen molar-refractivity contribution < 1.29 is 4.79 Å². The Labute approximate surface area is 93.6 Å². The van der Waals surface area contributed by atoms with Gasteiger partial charge in [0.1, 0.15) is 5.69 Å². The number of H-pyrrole nitrogens is 1. The van der Waals surface area contributed by atoms with Gasteiger partial charge in [0.2, 0.25) is 0 Å². The van der Waals surface area contributed by atoms with E-state index in [2.05, 4.69) is 17.1 Å². The van der Waals surface area contributed by atoms with Crippen LogP contribution in [0.5, 0.6) is 0 Å². The molecule has 2 unspecified atom stereocenters. The highest BCUT2D eigenvalue weighted by Gasteiger charge is 2.28. The van der Waals surface area contributed by atoms with Crippen LogP contribution in [0.25, 0.3) is 0 Å². The normalized spacial score (nSPS) is 26.7. The molecule has 1 aliphatic rings. The molecule has 5 heteroatoms. The molecule has 15 heavy (non-hydrogen) atoms. The molecule has 0 saturated carbocycles. The Kier molecular flexibility index (Phi) is 2.95. The first-order valence-corrected chi connectivity index (χ1v) is 5.55. The predicted molar refractivity (Wildman–Crippen MR) is 57.9 cm³/mol. The molecule has 1 fully saturated rings. The van der Waals surface area contributed by atoms with Gasteiger partial charge in [-0.15, -0.1) is 11.6 Å². The van der Waals surface area contributed by atoms with Crippen molar-refractivity contribution in [3.63, 3.8) is 0 Å². The van der Waals surface area contributed by atoms with E-state index >= 15 is 0 Å². The highest BCUT2D eigenvalue weighted by atomic mass is 35.5. The van der Waals surface area contributed by atoms with Crippen LogP contribution in [0.15, 0.2) is 12.3 Å². The molecule has 1 aromatic heterocycles. The maximum absolute atomic E-state index is 11.9. The van der Waals surface area contributed by atoms with E-state index in [1.165, 1.54) is 0 Å². The molecule has 82 valence electrons. The summed E-state index contributed by atoms with van der Waals surface area (Å²) >= 11 is 6.10. The monoisotopic (exact) mass is 227 g/mol. The molecule has 1 aromatic rings. The Morgan fingerprint density at radius 2 is 2.53 bits per heavy atom. The second-order valence-electron chi connectivity index (χ2n) is 4.00. The number of rotatable bonds is 1. The number of carbonyl (C=O) groups is 1. The molecular formula is C10H14ClN3O. The Hall–Kier alpha value is -1.03. The maximum Gasteiger partial charge on any atom is 0.271 e. The van der Waals surface area contributed by atoms with E-state index in [4.69, 9.17) is 11.6 Å². The van der Waals surface area contributed by atoms with E-state index in [0.29, 0.717) is 11.6 Å². The van der Waals surface area contributed by atoms with E-state index < -0.39 is 0 Å². The number of hydrogen-bond acceptors (Lipinski definition) is 2. The summed E-state index contributed by atoms with van der Waals surface area (Å²) in [6.45, 7) is 3.53. The fourth-order valence-corrected chi connectivity index (χ4v) is 2.02. The van der Waals surface area contributed by atoms with Gasteiger partial charge in [-0.25, -0.2) is 0 Å². The van der Waals surface area contributed by atoms with Gasteiger partial charge in [0, 0.05) is 24.7 Å². The average molecular weight is 228 g/mol. The third-order valence-electron chi connectivity index (χ3n) is 2.82. The minimum absolute atomic E-state index is 0.0166. The summed E-state index contributed by atoms with van der Waals surface area (Å²) in [6.07, 6.45) is 2.45. The lowest BCUT2D eigenvalue weighted by molar-refractivity contribution is 0.0681. The number of piperidine rings is 1. The van der Waals surface area contributed by atoms with E-state index in [-0.39, 0.29) is 11.3 Å². The summed E-state index contributed by atoms with van der Waals surface area (Å²) < 4.78 is 0. The first-order chi connectivity index (χ1) is 7.18. The van der Waals surface area contributed by atoms with Crippen molar-refractivity contribution in [2.45, 2.75) is 18.7 Å². The zero-order valence-electron chi connectivity index (χ0n) is 8.61. The third-order valence-corrected chi connectivity index (χ3v) is 3.47. The molecule has 2 atom stereocenters. The van der Waals surface area contributed by atoms with E-state index in [1.54, 1.807) is 12.3 Å². The van der Waals surface area contributed by atoms with Gasteiger partial charge in [-0.05, 0) is 18.4 Å². The van der Waals surface area contributed by atoms with Crippen LogP contribution in [0.1, 0.15) is 23.8 Å². The maximum atomic E-state index is 11.9. The van der Waals surface area contributed by atoms with Crippen LogP contribution in [-0.2, 0) is 0 Å². The summed E-state index contributed by atoms with van der Waals surface area (Å²) in [5.74, 6) is 0.371. The number of amides is 1. The highest BCUT2D eigenvalue weighted by Crippen LogP contribution is 2.22. The minimum Gasteiger partial charge on any atom is -0.337 e.